The van der Waals surface area contributed by atoms with Gasteiger partial charge in [-0.2, -0.15) is 0 Å². The molecule has 0 radical (unpaired) electrons. The SMILES string of the molecule is CC(C)NC(=O)c1cc(NS(=O)(=O)c2ccc3c(c2)CCCC3)ccc1N1CCNCC1. The van der Waals surface area contributed by atoms with Crippen molar-refractivity contribution in [1.82, 2.24) is 10.6 Å². The topological polar surface area (TPSA) is 90.5 Å². The molecule has 0 aromatic heterocycles. The summed E-state index contributed by atoms with van der Waals surface area (Å²) in [5.41, 5.74) is 4.04. The Hall–Kier alpha value is -2.58. The molecule has 1 heterocycles. The summed E-state index contributed by atoms with van der Waals surface area (Å²) in [6.45, 7) is 7.09. The maximum Gasteiger partial charge on any atom is 0.261 e. The van der Waals surface area contributed by atoms with Crippen LogP contribution in [0.25, 0.3) is 0 Å². The molecular weight excluding hydrogens is 424 g/mol. The van der Waals surface area contributed by atoms with Gasteiger partial charge in [-0.25, -0.2) is 8.42 Å². The van der Waals surface area contributed by atoms with Crippen molar-refractivity contribution in [2.75, 3.05) is 35.8 Å². The van der Waals surface area contributed by atoms with Gasteiger partial charge in [0.05, 0.1) is 10.5 Å². The minimum atomic E-state index is -3.76. The predicted molar refractivity (Wildman–Crippen MR) is 128 cm³/mol. The van der Waals surface area contributed by atoms with Gasteiger partial charge in [-0.05, 0) is 81.0 Å². The molecule has 2 aliphatic rings. The van der Waals surface area contributed by atoms with Gasteiger partial charge in [0.1, 0.15) is 0 Å². The van der Waals surface area contributed by atoms with Gasteiger partial charge in [0, 0.05) is 43.6 Å². The van der Waals surface area contributed by atoms with Gasteiger partial charge < -0.3 is 15.5 Å². The highest BCUT2D eigenvalue weighted by atomic mass is 32.2. The summed E-state index contributed by atoms with van der Waals surface area (Å²) < 4.78 is 28.9. The number of carbonyl (C=O) groups excluding carboxylic acids is 1. The van der Waals surface area contributed by atoms with Crippen LogP contribution in [0.1, 0.15) is 48.2 Å². The third-order valence-electron chi connectivity index (χ3n) is 6.00. The van der Waals surface area contributed by atoms with E-state index in [1.165, 1.54) is 5.56 Å². The van der Waals surface area contributed by atoms with Gasteiger partial charge in [-0.15, -0.1) is 0 Å². The fourth-order valence-corrected chi connectivity index (χ4v) is 5.49. The Kier molecular flexibility index (Phi) is 6.71. The zero-order valence-corrected chi connectivity index (χ0v) is 19.6. The van der Waals surface area contributed by atoms with Crippen molar-refractivity contribution < 1.29 is 13.2 Å². The number of hydrogen-bond donors (Lipinski definition) is 3. The van der Waals surface area contributed by atoms with E-state index < -0.39 is 10.0 Å². The normalized spacial score (nSPS) is 16.5. The molecule has 4 rings (SSSR count). The van der Waals surface area contributed by atoms with Gasteiger partial charge in [-0.3, -0.25) is 9.52 Å². The van der Waals surface area contributed by atoms with Crippen molar-refractivity contribution in [3.63, 3.8) is 0 Å². The van der Waals surface area contributed by atoms with E-state index in [-0.39, 0.29) is 16.8 Å². The van der Waals surface area contributed by atoms with Crippen LogP contribution in [0.4, 0.5) is 11.4 Å². The molecule has 0 bridgehead atoms. The lowest BCUT2D eigenvalue weighted by molar-refractivity contribution is 0.0943. The van der Waals surface area contributed by atoms with Crippen molar-refractivity contribution in [3.05, 3.63) is 53.1 Å². The molecule has 0 spiro atoms. The Bertz CT molecular complexity index is 1090. The average molecular weight is 457 g/mol. The first kappa shape index (κ1) is 22.6. The summed E-state index contributed by atoms with van der Waals surface area (Å²) in [5, 5.41) is 6.25. The third-order valence-corrected chi connectivity index (χ3v) is 7.38. The fraction of sp³-hybridized carbons (Fsp3) is 0.458. The summed E-state index contributed by atoms with van der Waals surface area (Å²) in [4.78, 5) is 15.4. The second-order valence-corrected chi connectivity index (χ2v) is 10.5. The Labute approximate surface area is 190 Å². The van der Waals surface area contributed by atoms with Crippen LogP contribution in [0.15, 0.2) is 41.3 Å². The number of piperazine rings is 1. The molecule has 3 N–H and O–H groups in total. The first-order chi connectivity index (χ1) is 15.3. The number of amides is 1. The van der Waals surface area contributed by atoms with Crippen LogP contribution >= 0.6 is 0 Å². The fourth-order valence-electron chi connectivity index (χ4n) is 4.39. The molecule has 172 valence electrons. The Morgan fingerprint density at radius 3 is 2.44 bits per heavy atom. The lowest BCUT2D eigenvalue weighted by Gasteiger charge is -2.31. The second kappa shape index (κ2) is 9.50. The highest BCUT2D eigenvalue weighted by molar-refractivity contribution is 7.92. The molecule has 1 saturated heterocycles. The van der Waals surface area contributed by atoms with E-state index >= 15 is 0 Å². The van der Waals surface area contributed by atoms with Gasteiger partial charge in [-0.1, -0.05) is 6.07 Å². The quantitative estimate of drug-likeness (QED) is 0.622. The number of anilines is 2. The Balaban J connectivity index is 1.63. The number of hydrogen-bond acceptors (Lipinski definition) is 5. The molecule has 8 heteroatoms. The van der Waals surface area contributed by atoms with Gasteiger partial charge in [0.2, 0.25) is 0 Å². The molecular formula is C24H32N4O3S. The largest absolute Gasteiger partial charge is 0.368 e. The van der Waals surface area contributed by atoms with Gasteiger partial charge in [0.15, 0.2) is 0 Å². The summed E-state index contributed by atoms with van der Waals surface area (Å²) in [6.07, 6.45) is 4.16. The molecule has 2 aromatic carbocycles. The highest BCUT2D eigenvalue weighted by Crippen LogP contribution is 2.28. The predicted octanol–water partition coefficient (Wildman–Crippen LogP) is 2.91. The third kappa shape index (κ3) is 5.07. The number of nitrogens with zero attached hydrogens (tertiary/aromatic N) is 1. The number of benzene rings is 2. The first-order valence-corrected chi connectivity index (χ1v) is 12.9. The van der Waals surface area contributed by atoms with E-state index in [4.69, 9.17) is 0 Å². The van der Waals surface area contributed by atoms with E-state index in [2.05, 4.69) is 20.3 Å². The molecule has 0 atom stereocenters. The van der Waals surface area contributed by atoms with E-state index in [0.29, 0.717) is 11.3 Å². The lowest BCUT2D eigenvalue weighted by Crippen LogP contribution is -2.44. The van der Waals surface area contributed by atoms with Crippen molar-refractivity contribution >= 4 is 27.3 Å². The van der Waals surface area contributed by atoms with E-state index in [0.717, 1.165) is 63.1 Å². The maximum absolute atomic E-state index is 13.1. The number of nitrogens with one attached hydrogen (secondary N) is 3. The number of carbonyl (C=O) groups is 1. The minimum absolute atomic E-state index is 0.0192. The monoisotopic (exact) mass is 456 g/mol. The molecule has 0 unspecified atom stereocenters. The first-order valence-electron chi connectivity index (χ1n) is 11.4. The lowest BCUT2D eigenvalue weighted by atomic mass is 9.92. The molecule has 32 heavy (non-hydrogen) atoms. The maximum atomic E-state index is 13.1. The highest BCUT2D eigenvalue weighted by Gasteiger charge is 2.22. The molecule has 7 nitrogen and oxygen atoms in total. The molecule has 1 fully saturated rings. The van der Waals surface area contributed by atoms with Gasteiger partial charge >= 0.3 is 0 Å². The van der Waals surface area contributed by atoms with Crippen LogP contribution in [0.2, 0.25) is 0 Å². The van der Waals surface area contributed by atoms with Crippen molar-refractivity contribution in [1.29, 1.82) is 0 Å². The number of rotatable bonds is 6. The van der Waals surface area contributed by atoms with Crippen LogP contribution in [0.3, 0.4) is 0 Å². The van der Waals surface area contributed by atoms with Gasteiger partial charge in [0.25, 0.3) is 15.9 Å². The summed E-state index contributed by atoms with van der Waals surface area (Å²) in [5.74, 6) is -0.205. The minimum Gasteiger partial charge on any atom is -0.368 e. The number of aryl methyl sites for hydroxylation is 2. The summed E-state index contributed by atoms with van der Waals surface area (Å²) >= 11 is 0. The van der Waals surface area contributed by atoms with E-state index in [1.54, 1.807) is 24.3 Å². The van der Waals surface area contributed by atoms with Crippen LogP contribution in [-0.4, -0.2) is 46.5 Å². The Morgan fingerprint density at radius 2 is 1.72 bits per heavy atom. The zero-order valence-electron chi connectivity index (χ0n) is 18.8. The summed E-state index contributed by atoms with van der Waals surface area (Å²) in [7, 11) is -3.76. The zero-order chi connectivity index (χ0) is 22.7. The van der Waals surface area contributed by atoms with Crippen LogP contribution in [0, 0.1) is 0 Å². The molecule has 1 amide bonds. The standard InChI is InChI=1S/C24H32N4O3S/c1-17(2)26-24(29)22-16-20(8-10-23(22)28-13-11-25-12-14-28)27-32(30,31)21-9-7-18-5-3-4-6-19(18)15-21/h7-10,15-17,25,27H,3-6,11-14H2,1-2H3,(H,26,29). The number of fused-ring (bicyclic) bond motifs is 1. The summed E-state index contributed by atoms with van der Waals surface area (Å²) in [6, 6.07) is 10.6. The number of sulfonamides is 1. The Morgan fingerprint density at radius 1 is 1.00 bits per heavy atom. The van der Waals surface area contributed by atoms with Crippen LogP contribution in [0.5, 0.6) is 0 Å². The van der Waals surface area contributed by atoms with Crippen molar-refractivity contribution in [2.45, 2.75) is 50.5 Å². The van der Waals surface area contributed by atoms with Crippen LogP contribution < -0.4 is 20.3 Å². The smallest absolute Gasteiger partial charge is 0.261 e. The molecule has 1 aliphatic heterocycles. The van der Waals surface area contributed by atoms with Crippen LogP contribution in [-0.2, 0) is 22.9 Å². The second-order valence-electron chi connectivity index (χ2n) is 8.84. The molecule has 1 aliphatic carbocycles. The van der Waals surface area contributed by atoms with Crippen molar-refractivity contribution in [3.8, 4) is 0 Å². The van der Waals surface area contributed by atoms with Crippen molar-refractivity contribution in [2.24, 2.45) is 0 Å². The molecule has 2 aromatic rings. The van der Waals surface area contributed by atoms with E-state index in [9.17, 15) is 13.2 Å². The average Bonchev–Trinajstić information content (AvgIpc) is 2.78. The molecule has 0 saturated carbocycles. The van der Waals surface area contributed by atoms with E-state index in [1.807, 2.05) is 26.0 Å².